The Morgan fingerprint density at radius 1 is 1.15 bits per heavy atom. The number of aromatic nitrogens is 1. The second kappa shape index (κ2) is 5.64. The van der Waals surface area contributed by atoms with Crippen LogP contribution in [-0.4, -0.2) is 48.2 Å². The van der Waals surface area contributed by atoms with Gasteiger partial charge in [-0.05, 0) is 18.2 Å². The Bertz CT molecular complexity index is 556. The van der Waals surface area contributed by atoms with Crippen molar-refractivity contribution in [3.63, 3.8) is 0 Å². The summed E-state index contributed by atoms with van der Waals surface area (Å²) >= 11 is 0. The average molecular weight is 272 g/mol. The van der Waals surface area contributed by atoms with Gasteiger partial charge in [-0.3, -0.25) is 4.90 Å². The van der Waals surface area contributed by atoms with E-state index in [2.05, 4.69) is 46.3 Å². The Morgan fingerprint density at radius 2 is 1.85 bits per heavy atom. The number of rotatable bonds is 3. The molecular formula is C15H20N4O. The van der Waals surface area contributed by atoms with Gasteiger partial charge in [-0.15, -0.1) is 0 Å². The van der Waals surface area contributed by atoms with Gasteiger partial charge >= 0.3 is 0 Å². The Balaban J connectivity index is 1.66. The molecule has 2 N–H and O–H groups in total. The van der Waals surface area contributed by atoms with Crippen molar-refractivity contribution < 1.29 is 4.52 Å². The zero-order valence-corrected chi connectivity index (χ0v) is 11.7. The van der Waals surface area contributed by atoms with Gasteiger partial charge in [-0.25, -0.2) is 0 Å². The Kier molecular flexibility index (Phi) is 3.71. The molecule has 1 fully saturated rings. The van der Waals surface area contributed by atoms with E-state index in [4.69, 9.17) is 10.3 Å². The predicted octanol–water partition coefficient (Wildman–Crippen LogP) is 1.67. The van der Waals surface area contributed by atoms with Crippen LogP contribution in [-0.2, 0) is 6.54 Å². The summed E-state index contributed by atoms with van der Waals surface area (Å²) in [5.41, 5.74) is 8.96. The lowest BCUT2D eigenvalue weighted by atomic mass is 10.1. The van der Waals surface area contributed by atoms with Crippen LogP contribution >= 0.6 is 0 Å². The molecule has 0 saturated carbocycles. The lowest BCUT2D eigenvalue weighted by Crippen LogP contribution is -2.43. The first kappa shape index (κ1) is 13.1. The summed E-state index contributed by atoms with van der Waals surface area (Å²) < 4.78 is 4.90. The predicted molar refractivity (Wildman–Crippen MR) is 79.1 cm³/mol. The van der Waals surface area contributed by atoms with Gasteiger partial charge in [-0.2, -0.15) is 0 Å². The number of nitrogens with two attached hydrogens (primary N) is 1. The molecule has 2 aromatic rings. The first-order valence-electron chi connectivity index (χ1n) is 6.93. The highest BCUT2D eigenvalue weighted by molar-refractivity contribution is 5.71. The molecule has 0 amide bonds. The smallest absolute Gasteiger partial charge is 0.229 e. The molecule has 106 valence electrons. The van der Waals surface area contributed by atoms with E-state index >= 15 is 0 Å². The Hall–Kier alpha value is -1.85. The highest BCUT2D eigenvalue weighted by atomic mass is 16.5. The summed E-state index contributed by atoms with van der Waals surface area (Å²) in [5.74, 6) is 0.372. The number of hydrogen-bond donors (Lipinski definition) is 1. The second-order valence-electron chi connectivity index (χ2n) is 5.38. The molecule has 1 saturated heterocycles. The van der Waals surface area contributed by atoms with Crippen molar-refractivity contribution in [2.45, 2.75) is 6.54 Å². The minimum Gasteiger partial charge on any atom is -0.367 e. The van der Waals surface area contributed by atoms with Crippen LogP contribution in [0, 0.1) is 0 Å². The lowest BCUT2D eigenvalue weighted by molar-refractivity contribution is 0.148. The van der Waals surface area contributed by atoms with E-state index in [1.807, 2.05) is 0 Å². The van der Waals surface area contributed by atoms with Gasteiger partial charge < -0.3 is 15.2 Å². The first-order chi connectivity index (χ1) is 9.72. The normalized spacial score (nSPS) is 17.4. The van der Waals surface area contributed by atoms with Crippen molar-refractivity contribution in [1.82, 2.24) is 15.0 Å². The molecule has 1 aliphatic heterocycles. The van der Waals surface area contributed by atoms with E-state index in [9.17, 15) is 0 Å². The molecular weight excluding hydrogens is 252 g/mol. The van der Waals surface area contributed by atoms with Crippen molar-refractivity contribution in [1.29, 1.82) is 0 Å². The second-order valence-corrected chi connectivity index (χ2v) is 5.38. The molecule has 0 spiro atoms. The standard InChI is InChI=1S/C15H20N4O/c1-18-6-8-19(9-7-18)11-12-2-4-13(5-3-12)14-10-17-20-15(14)16/h2-5,10H,6-9,11,16H2,1H3. The minimum absolute atomic E-state index is 0.372. The summed E-state index contributed by atoms with van der Waals surface area (Å²) in [6.07, 6.45) is 1.66. The number of hydrogen-bond acceptors (Lipinski definition) is 5. The van der Waals surface area contributed by atoms with E-state index in [1.54, 1.807) is 6.20 Å². The van der Waals surface area contributed by atoms with Gasteiger partial charge in [0.05, 0.1) is 11.8 Å². The molecule has 0 aliphatic carbocycles. The maximum Gasteiger partial charge on any atom is 0.229 e. The minimum atomic E-state index is 0.372. The van der Waals surface area contributed by atoms with Crippen molar-refractivity contribution in [3.8, 4) is 11.1 Å². The quantitative estimate of drug-likeness (QED) is 0.921. The van der Waals surface area contributed by atoms with Crippen LogP contribution in [0.3, 0.4) is 0 Å². The van der Waals surface area contributed by atoms with Crippen LogP contribution < -0.4 is 5.73 Å². The fourth-order valence-electron chi connectivity index (χ4n) is 2.52. The first-order valence-corrected chi connectivity index (χ1v) is 6.93. The monoisotopic (exact) mass is 272 g/mol. The fourth-order valence-corrected chi connectivity index (χ4v) is 2.52. The largest absolute Gasteiger partial charge is 0.367 e. The van der Waals surface area contributed by atoms with Crippen molar-refractivity contribution in [3.05, 3.63) is 36.0 Å². The molecule has 0 atom stereocenters. The van der Waals surface area contributed by atoms with Crippen molar-refractivity contribution >= 4 is 5.88 Å². The van der Waals surface area contributed by atoms with E-state index in [0.29, 0.717) is 5.88 Å². The molecule has 0 radical (unpaired) electrons. The highest BCUT2D eigenvalue weighted by Gasteiger charge is 2.14. The third-order valence-electron chi connectivity index (χ3n) is 3.87. The maximum absolute atomic E-state index is 5.73. The van der Waals surface area contributed by atoms with Gasteiger partial charge in [0, 0.05) is 32.7 Å². The number of likely N-dealkylation sites (N-methyl/N-ethyl adjacent to an activating group) is 1. The third-order valence-corrected chi connectivity index (χ3v) is 3.87. The van der Waals surface area contributed by atoms with Crippen LogP contribution in [0.15, 0.2) is 35.0 Å². The van der Waals surface area contributed by atoms with Gasteiger partial charge in [0.15, 0.2) is 0 Å². The number of piperazine rings is 1. The maximum atomic E-state index is 5.73. The van der Waals surface area contributed by atoms with Crippen LogP contribution in [0.25, 0.3) is 11.1 Å². The molecule has 0 unspecified atom stereocenters. The Labute approximate surface area is 118 Å². The summed E-state index contributed by atoms with van der Waals surface area (Å²) in [6.45, 7) is 5.57. The SMILES string of the molecule is CN1CCN(Cc2ccc(-c3cnoc3N)cc2)CC1. The molecule has 20 heavy (non-hydrogen) atoms. The average Bonchev–Trinajstić information content (AvgIpc) is 2.89. The molecule has 0 bridgehead atoms. The molecule has 1 aromatic heterocycles. The number of nitrogen functional groups attached to an aromatic ring is 1. The fraction of sp³-hybridized carbons (Fsp3) is 0.400. The van der Waals surface area contributed by atoms with Crippen LogP contribution in [0.2, 0.25) is 0 Å². The van der Waals surface area contributed by atoms with Crippen LogP contribution in [0.5, 0.6) is 0 Å². The van der Waals surface area contributed by atoms with Gasteiger partial charge in [-0.1, -0.05) is 29.4 Å². The van der Waals surface area contributed by atoms with Gasteiger partial charge in [0.2, 0.25) is 5.88 Å². The molecule has 5 nitrogen and oxygen atoms in total. The van der Waals surface area contributed by atoms with E-state index in [1.165, 1.54) is 5.56 Å². The summed E-state index contributed by atoms with van der Waals surface area (Å²) in [7, 11) is 2.18. The number of anilines is 1. The number of nitrogens with zero attached hydrogens (tertiary/aromatic N) is 3. The van der Waals surface area contributed by atoms with Gasteiger partial charge in [0.1, 0.15) is 0 Å². The van der Waals surface area contributed by atoms with E-state index in [0.717, 1.165) is 43.9 Å². The molecule has 1 aromatic carbocycles. The highest BCUT2D eigenvalue weighted by Crippen LogP contribution is 2.25. The zero-order valence-electron chi connectivity index (χ0n) is 11.7. The topological polar surface area (TPSA) is 58.5 Å². The summed E-state index contributed by atoms with van der Waals surface area (Å²) in [4.78, 5) is 4.86. The van der Waals surface area contributed by atoms with Crippen molar-refractivity contribution in [2.24, 2.45) is 0 Å². The molecule has 2 heterocycles. The zero-order chi connectivity index (χ0) is 13.9. The Morgan fingerprint density at radius 3 is 2.45 bits per heavy atom. The number of benzene rings is 1. The van der Waals surface area contributed by atoms with E-state index in [-0.39, 0.29) is 0 Å². The molecule has 5 heteroatoms. The van der Waals surface area contributed by atoms with E-state index < -0.39 is 0 Å². The lowest BCUT2D eigenvalue weighted by Gasteiger charge is -2.32. The van der Waals surface area contributed by atoms with Gasteiger partial charge in [0.25, 0.3) is 0 Å². The third kappa shape index (κ3) is 2.84. The van der Waals surface area contributed by atoms with Crippen molar-refractivity contribution in [2.75, 3.05) is 39.0 Å². The summed E-state index contributed by atoms with van der Waals surface area (Å²) in [6, 6.07) is 8.46. The van der Waals surface area contributed by atoms with Crippen LogP contribution in [0.4, 0.5) is 5.88 Å². The molecule has 3 rings (SSSR count). The van der Waals surface area contributed by atoms with Crippen LogP contribution in [0.1, 0.15) is 5.56 Å². The summed E-state index contributed by atoms with van der Waals surface area (Å²) in [5, 5.41) is 3.71. The molecule has 1 aliphatic rings.